The van der Waals surface area contributed by atoms with E-state index in [1.54, 1.807) is 18.2 Å². The summed E-state index contributed by atoms with van der Waals surface area (Å²) in [5.41, 5.74) is 4.04. The van der Waals surface area contributed by atoms with Gasteiger partial charge in [-0.2, -0.15) is 8.42 Å². The molecule has 2 atom stereocenters. The van der Waals surface area contributed by atoms with Crippen molar-refractivity contribution in [3.63, 3.8) is 0 Å². The Hall–Kier alpha value is -3.16. The Kier molecular flexibility index (Phi) is 4.44. The molecule has 3 aromatic rings. The van der Waals surface area contributed by atoms with Crippen LogP contribution in [0.15, 0.2) is 65.6 Å². The summed E-state index contributed by atoms with van der Waals surface area (Å²) in [6.07, 6.45) is 0. The minimum atomic E-state index is -4.13. The van der Waals surface area contributed by atoms with Gasteiger partial charge in [-0.1, -0.05) is 48.0 Å². The molecule has 0 saturated carbocycles. The number of aryl methyl sites for hydroxylation is 1. The molecule has 3 aromatic carbocycles. The molecule has 0 bridgehead atoms. The second-order valence-electron chi connectivity index (χ2n) is 9.23. The van der Waals surface area contributed by atoms with Gasteiger partial charge in [-0.3, -0.25) is 4.79 Å². The smallest absolute Gasteiger partial charge is 0.339 e. The number of hydrogen-bond donors (Lipinski definition) is 0. The van der Waals surface area contributed by atoms with Crippen molar-refractivity contribution >= 4 is 21.6 Å². The minimum absolute atomic E-state index is 0.0702. The standard InChI is InChI=1S/C26H24N2O4S/c1-16-7-9-18(10-8-16)33(30,31)32-26-22(28-14-17-13-27(2)23(17)15-28)12-11-20-19-5-3-4-6-21(19)25(29)24(20)26/h3-12,17,23H,13-15H2,1-2H3/t17-,23-/m1/s1. The highest BCUT2D eigenvalue weighted by Crippen LogP contribution is 2.48. The van der Waals surface area contributed by atoms with Gasteiger partial charge >= 0.3 is 10.1 Å². The average molecular weight is 461 g/mol. The van der Waals surface area contributed by atoms with Crippen LogP contribution in [0.4, 0.5) is 5.69 Å². The van der Waals surface area contributed by atoms with Gasteiger partial charge in [0.05, 0.1) is 11.3 Å². The van der Waals surface area contributed by atoms with E-state index in [1.165, 1.54) is 12.1 Å². The zero-order valence-corrected chi connectivity index (χ0v) is 19.3. The fraction of sp³-hybridized carbons (Fsp3) is 0.269. The Morgan fingerprint density at radius 2 is 1.61 bits per heavy atom. The van der Waals surface area contributed by atoms with Crippen molar-refractivity contribution in [1.29, 1.82) is 0 Å². The van der Waals surface area contributed by atoms with Crippen LogP contribution in [0.25, 0.3) is 11.1 Å². The van der Waals surface area contributed by atoms with Crippen LogP contribution in [0.3, 0.4) is 0 Å². The first-order chi connectivity index (χ1) is 15.8. The summed E-state index contributed by atoms with van der Waals surface area (Å²) in [6.45, 7) is 4.51. The summed E-state index contributed by atoms with van der Waals surface area (Å²) in [7, 11) is -2.02. The van der Waals surface area contributed by atoms with Gasteiger partial charge in [-0.05, 0) is 43.3 Å². The molecule has 2 saturated heterocycles. The van der Waals surface area contributed by atoms with E-state index < -0.39 is 10.1 Å². The molecule has 2 heterocycles. The molecule has 0 aromatic heterocycles. The first kappa shape index (κ1) is 20.4. The van der Waals surface area contributed by atoms with Gasteiger partial charge in [0, 0.05) is 37.2 Å². The van der Waals surface area contributed by atoms with Gasteiger partial charge in [0.15, 0.2) is 11.5 Å². The zero-order valence-electron chi connectivity index (χ0n) is 18.5. The SMILES string of the molecule is Cc1ccc(S(=O)(=O)Oc2c(N3C[C@H]4CN(C)[C@@H]4C3)ccc3c2C(=O)c2ccccc2-3)cc1. The predicted octanol–water partition coefficient (Wildman–Crippen LogP) is 3.72. The van der Waals surface area contributed by atoms with Gasteiger partial charge in [0.2, 0.25) is 0 Å². The molecular weight excluding hydrogens is 436 g/mol. The second-order valence-corrected chi connectivity index (χ2v) is 10.8. The van der Waals surface area contributed by atoms with E-state index in [9.17, 15) is 13.2 Å². The Labute approximate surface area is 193 Å². The number of rotatable bonds is 4. The van der Waals surface area contributed by atoms with Crippen molar-refractivity contribution in [3.8, 4) is 16.9 Å². The summed E-state index contributed by atoms with van der Waals surface area (Å²) >= 11 is 0. The molecule has 0 radical (unpaired) electrons. The van der Waals surface area contributed by atoms with E-state index >= 15 is 0 Å². The number of carbonyl (C=O) groups is 1. The molecule has 6 rings (SSSR count). The summed E-state index contributed by atoms with van der Waals surface area (Å²) in [6, 6.07) is 18.2. The largest absolute Gasteiger partial charge is 0.376 e. The van der Waals surface area contributed by atoms with E-state index in [4.69, 9.17) is 4.18 Å². The van der Waals surface area contributed by atoms with Crippen LogP contribution in [-0.4, -0.2) is 51.8 Å². The van der Waals surface area contributed by atoms with Crippen molar-refractivity contribution in [2.45, 2.75) is 17.9 Å². The van der Waals surface area contributed by atoms with E-state index in [2.05, 4.69) is 16.8 Å². The fourth-order valence-electron chi connectivity index (χ4n) is 5.37. The Morgan fingerprint density at radius 1 is 0.879 bits per heavy atom. The van der Waals surface area contributed by atoms with E-state index in [0.717, 1.165) is 30.8 Å². The normalized spacial score (nSPS) is 21.4. The zero-order chi connectivity index (χ0) is 22.9. The molecule has 0 amide bonds. The number of fused-ring (bicyclic) bond motifs is 4. The van der Waals surface area contributed by atoms with Crippen LogP contribution in [0.5, 0.6) is 5.75 Å². The van der Waals surface area contributed by atoms with Crippen LogP contribution in [0.1, 0.15) is 21.5 Å². The maximum absolute atomic E-state index is 13.4. The number of likely N-dealkylation sites (N-methyl/N-ethyl adjacent to an activating group) is 1. The maximum Gasteiger partial charge on any atom is 0.339 e. The first-order valence-corrected chi connectivity index (χ1v) is 12.5. The number of anilines is 1. The third-order valence-corrected chi connectivity index (χ3v) is 8.40. The molecule has 0 N–H and O–H groups in total. The summed E-state index contributed by atoms with van der Waals surface area (Å²) in [5.74, 6) is 0.479. The average Bonchev–Trinajstić information content (AvgIpc) is 3.29. The number of benzene rings is 3. The molecule has 6 nitrogen and oxygen atoms in total. The van der Waals surface area contributed by atoms with E-state index in [-0.39, 0.29) is 16.4 Å². The highest BCUT2D eigenvalue weighted by molar-refractivity contribution is 7.87. The highest BCUT2D eigenvalue weighted by atomic mass is 32.2. The third kappa shape index (κ3) is 3.10. The Bertz CT molecular complexity index is 1400. The lowest BCUT2D eigenvalue weighted by molar-refractivity contribution is 0.0827. The lowest BCUT2D eigenvalue weighted by Crippen LogP contribution is -2.52. The predicted molar refractivity (Wildman–Crippen MR) is 126 cm³/mol. The van der Waals surface area contributed by atoms with Crippen LogP contribution < -0.4 is 9.08 Å². The number of hydrogen-bond acceptors (Lipinski definition) is 6. The molecule has 0 spiro atoms. The Balaban J connectivity index is 1.49. The minimum Gasteiger partial charge on any atom is -0.376 e. The monoisotopic (exact) mass is 460 g/mol. The lowest BCUT2D eigenvalue weighted by atomic mass is 9.93. The van der Waals surface area contributed by atoms with Crippen LogP contribution in [0.2, 0.25) is 0 Å². The van der Waals surface area contributed by atoms with Gasteiger partial charge in [-0.25, -0.2) is 0 Å². The van der Waals surface area contributed by atoms with Crippen molar-refractivity contribution in [1.82, 2.24) is 4.90 Å². The van der Waals surface area contributed by atoms with Crippen LogP contribution in [-0.2, 0) is 10.1 Å². The van der Waals surface area contributed by atoms with Gasteiger partial charge < -0.3 is 14.0 Å². The summed E-state index contributed by atoms with van der Waals surface area (Å²) < 4.78 is 32.4. The van der Waals surface area contributed by atoms with E-state index in [1.807, 2.05) is 37.3 Å². The lowest BCUT2D eigenvalue weighted by Gasteiger charge is -2.40. The molecule has 7 heteroatoms. The van der Waals surface area contributed by atoms with Crippen molar-refractivity contribution in [2.75, 3.05) is 31.6 Å². The van der Waals surface area contributed by atoms with Crippen molar-refractivity contribution in [3.05, 3.63) is 77.4 Å². The summed E-state index contributed by atoms with van der Waals surface area (Å²) in [5, 5.41) is 0. The molecular formula is C26H24N2O4S. The molecule has 3 aliphatic rings. The van der Waals surface area contributed by atoms with E-state index in [0.29, 0.717) is 34.3 Å². The van der Waals surface area contributed by atoms with Gasteiger partial charge in [0.1, 0.15) is 4.90 Å². The quantitative estimate of drug-likeness (QED) is 0.433. The number of nitrogens with zero attached hydrogens (tertiary/aromatic N) is 2. The first-order valence-electron chi connectivity index (χ1n) is 11.1. The third-order valence-electron chi connectivity index (χ3n) is 7.16. The molecule has 168 valence electrons. The van der Waals surface area contributed by atoms with Crippen LogP contribution >= 0.6 is 0 Å². The van der Waals surface area contributed by atoms with Gasteiger partial charge in [0.25, 0.3) is 0 Å². The number of carbonyl (C=O) groups excluding carboxylic acids is 1. The second kappa shape index (κ2) is 7.17. The maximum atomic E-state index is 13.4. The Morgan fingerprint density at radius 3 is 2.30 bits per heavy atom. The molecule has 2 fully saturated rings. The highest BCUT2D eigenvalue weighted by Gasteiger charge is 2.45. The molecule has 33 heavy (non-hydrogen) atoms. The topological polar surface area (TPSA) is 66.9 Å². The number of ketones is 1. The molecule has 2 aliphatic heterocycles. The van der Waals surface area contributed by atoms with Gasteiger partial charge in [-0.15, -0.1) is 0 Å². The van der Waals surface area contributed by atoms with Crippen molar-refractivity contribution in [2.24, 2.45) is 5.92 Å². The molecule has 1 aliphatic carbocycles. The van der Waals surface area contributed by atoms with Crippen LogP contribution in [0, 0.1) is 12.8 Å². The fourth-order valence-corrected chi connectivity index (χ4v) is 6.32. The number of likely N-dealkylation sites (tertiary alicyclic amines) is 1. The molecule has 0 unspecified atom stereocenters. The summed E-state index contributed by atoms with van der Waals surface area (Å²) in [4.78, 5) is 18.0. The van der Waals surface area contributed by atoms with Crippen molar-refractivity contribution < 1.29 is 17.4 Å².